The van der Waals surface area contributed by atoms with Gasteiger partial charge in [0.2, 0.25) is 0 Å². The van der Waals surface area contributed by atoms with Gasteiger partial charge in [0.15, 0.2) is 0 Å². The van der Waals surface area contributed by atoms with E-state index in [1.165, 1.54) is 6.92 Å². The maximum Gasteiger partial charge on any atom is 0.115 e. The molecule has 0 bridgehead atoms. The highest BCUT2D eigenvalue weighted by atomic mass is 16.6. The zero-order chi connectivity index (χ0) is 15.9. The van der Waals surface area contributed by atoms with Crippen molar-refractivity contribution in [1.29, 1.82) is 0 Å². The smallest absolute Gasteiger partial charge is 0.115 e. The van der Waals surface area contributed by atoms with Crippen LogP contribution < -0.4 is 0 Å². The number of aliphatic hydroxyl groups is 7. The van der Waals surface area contributed by atoms with E-state index in [1.807, 2.05) is 0 Å². The number of hydrogen-bond acceptors (Lipinski definition) is 9. The van der Waals surface area contributed by atoms with Gasteiger partial charge in [0.05, 0.1) is 6.10 Å². The van der Waals surface area contributed by atoms with E-state index in [2.05, 4.69) is 0 Å². The molecule has 2 heterocycles. The van der Waals surface area contributed by atoms with E-state index >= 15 is 0 Å². The zero-order valence-electron chi connectivity index (χ0n) is 11.3. The van der Waals surface area contributed by atoms with Crippen molar-refractivity contribution in [3.63, 3.8) is 0 Å². The molecule has 0 spiro atoms. The molecule has 2 saturated heterocycles. The van der Waals surface area contributed by atoms with Crippen LogP contribution in [-0.4, -0.2) is 96.8 Å². The van der Waals surface area contributed by atoms with E-state index in [0.29, 0.717) is 0 Å². The van der Waals surface area contributed by atoms with Gasteiger partial charge < -0.3 is 45.2 Å². The molecule has 1 unspecified atom stereocenters. The Morgan fingerprint density at radius 3 is 2.00 bits per heavy atom. The Labute approximate surface area is 121 Å². The molecule has 0 aromatic rings. The Hall–Kier alpha value is -0.360. The van der Waals surface area contributed by atoms with Crippen LogP contribution in [0, 0.1) is 6.61 Å². The largest absolute Gasteiger partial charge is 0.388 e. The maximum absolute atomic E-state index is 10.2. The average Bonchev–Trinajstić information content (AvgIpc) is 2.46. The second-order valence-corrected chi connectivity index (χ2v) is 5.48. The van der Waals surface area contributed by atoms with Gasteiger partial charge in [-0.1, -0.05) is 0 Å². The van der Waals surface area contributed by atoms with Gasteiger partial charge in [0, 0.05) is 0 Å². The Bertz CT molecular complexity index is 354. The second-order valence-electron chi connectivity index (χ2n) is 5.48. The molecule has 0 amide bonds. The number of aliphatic hydroxyl groups excluding tert-OH is 7. The van der Waals surface area contributed by atoms with E-state index in [1.54, 1.807) is 0 Å². The fourth-order valence-corrected chi connectivity index (χ4v) is 2.56. The van der Waals surface area contributed by atoms with Gasteiger partial charge in [0.1, 0.15) is 61.5 Å². The number of ether oxygens (including phenoxy) is 2. The first-order valence-electron chi connectivity index (χ1n) is 6.66. The van der Waals surface area contributed by atoms with E-state index in [0.717, 1.165) is 6.61 Å². The lowest BCUT2D eigenvalue weighted by Crippen LogP contribution is -2.65. The Morgan fingerprint density at radius 1 is 0.810 bits per heavy atom. The van der Waals surface area contributed by atoms with Crippen molar-refractivity contribution in [2.24, 2.45) is 0 Å². The van der Waals surface area contributed by atoms with Crippen LogP contribution in [0.1, 0.15) is 6.92 Å². The summed E-state index contributed by atoms with van der Waals surface area (Å²) in [5, 5.41) is 68.0. The molecule has 0 aromatic heterocycles. The van der Waals surface area contributed by atoms with Crippen LogP contribution in [0.15, 0.2) is 0 Å². The molecule has 0 saturated carbocycles. The molecule has 2 rings (SSSR count). The molecule has 2 aliphatic rings. The molecular weight excluding hydrogens is 288 g/mol. The molecule has 0 aliphatic carbocycles. The lowest BCUT2D eigenvalue weighted by molar-refractivity contribution is -0.265. The van der Waals surface area contributed by atoms with Crippen LogP contribution in [0.4, 0.5) is 0 Å². The number of rotatable bonds is 2. The third-order valence-electron chi connectivity index (χ3n) is 3.97. The van der Waals surface area contributed by atoms with Crippen molar-refractivity contribution in [1.82, 2.24) is 0 Å². The third kappa shape index (κ3) is 3.07. The molecule has 10 atom stereocenters. The van der Waals surface area contributed by atoms with E-state index in [4.69, 9.17) is 9.47 Å². The van der Waals surface area contributed by atoms with Crippen molar-refractivity contribution in [3.05, 3.63) is 6.61 Å². The standard InChI is InChI=1S/C12H21O9/c1-3-5(14)7(16)9(18)12(21-3)10(19)11-8(17)6(15)4(13)2-20-11/h2-19H,1H3/t3-,4-,5+,6+,7+,8+,9-,10?,11-,12+/m0/s1. The summed E-state index contributed by atoms with van der Waals surface area (Å²) in [4.78, 5) is 0. The predicted molar refractivity (Wildman–Crippen MR) is 65.6 cm³/mol. The van der Waals surface area contributed by atoms with E-state index in [9.17, 15) is 35.7 Å². The summed E-state index contributed by atoms with van der Waals surface area (Å²) in [6.07, 6.45) is -14.2. The Kier molecular flexibility index (Phi) is 5.19. The van der Waals surface area contributed by atoms with Crippen molar-refractivity contribution >= 4 is 0 Å². The molecule has 21 heavy (non-hydrogen) atoms. The first-order chi connectivity index (χ1) is 9.75. The Morgan fingerprint density at radius 2 is 1.38 bits per heavy atom. The lowest BCUT2D eigenvalue weighted by Gasteiger charge is -2.45. The third-order valence-corrected chi connectivity index (χ3v) is 3.97. The minimum Gasteiger partial charge on any atom is -0.388 e. The Balaban J connectivity index is 2.10. The lowest BCUT2D eigenvalue weighted by atomic mass is 9.87. The SMILES string of the molecule is C[C@@H]1O[C@@H](C(O)[C@H]2O[CH][C@H](O)[C@@H](O)[C@H]2O)[C@@H](O)[C@H](O)[C@@H]1O. The predicted octanol–water partition coefficient (Wildman–Crippen LogP) is -4.14. The van der Waals surface area contributed by atoms with Crippen LogP contribution in [-0.2, 0) is 9.47 Å². The first kappa shape index (κ1) is 17.0. The van der Waals surface area contributed by atoms with Crippen molar-refractivity contribution in [2.75, 3.05) is 0 Å². The molecule has 0 aromatic carbocycles. The molecule has 7 N–H and O–H groups in total. The molecule has 9 nitrogen and oxygen atoms in total. The minimum absolute atomic E-state index is 0.856. The summed E-state index contributed by atoms with van der Waals surface area (Å²) in [6.45, 7) is 2.30. The summed E-state index contributed by atoms with van der Waals surface area (Å²) in [5.74, 6) is 0. The summed E-state index contributed by atoms with van der Waals surface area (Å²) < 4.78 is 10.2. The van der Waals surface area contributed by atoms with Gasteiger partial charge in [-0.15, -0.1) is 0 Å². The molecule has 9 heteroatoms. The molecule has 1 radical (unpaired) electrons. The van der Waals surface area contributed by atoms with Crippen LogP contribution >= 0.6 is 0 Å². The van der Waals surface area contributed by atoms with Gasteiger partial charge in [-0.05, 0) is 6.92 Å². The normalized spacial score (nSPS) is 53.4. The van der Waals surface area contributed by atoms with Crippen molar-refractivity contribution in [3.8, 4) is 0 Å². The highest BCUT2D eigenvalue weighted by molar-refractivity contribution is 5.01. The highest BCUT2D eigenvalue weighted by Crippen LogP contribution is 2.29. The van der Waals surface area contributed by atoms with Gasteiger partial charge in [-0.3, -0.25) is 0 Å². The quantitative estimate of drug-likeness (QED) is 0.269. The monoisotopic (exact) mass is 309 g/mol. The number of hydrogen-bond donors (Lipinski definition) is 7. The van der Waals surface area contributed by atoms with Gasteiger partial charge in [0.25, 0.3) is 0 Å². The summed E-state index contributed by atoms with van der Waals surface area (Å²) >= 11 is 0. The van der Waals surface area contributed by atoms with Gasteiger partial charge in [-0.2, -0.15) is 0 Å². The van der Waals surface area contributed by atoms with E-state index in [-0.39, 0.29) is 0 Å². The fourth-order valence-electron chi connectivity index (χ4n) is 2.56. The van der Waals surface area contributed by atoms with Gasteiger partial charge in [-0.25, -0.2) is 0 Å². The molecular formula is C12H21O9. The second kappa shape index (κ2) is 6.41. The zero-order valence-corrected chi connectivity index (χ0v) is 11.3. The summed E-state index contributed by atoms with van der Waals surface area (Å²) in [5.41, 5.74) is 0. The van der Waals surface area contributed by atoms with Crippen molar-refractivity contribution in [2.45, 2.75) is 68.0 Å². The molecule has 123 valence electrons. The first-order valence-corrected chi connectivity index (χ1v) is 6.66. The summed E-state index contributed by atoms with van der Waals surface area (Å²) in [6, 6.07) is 0. The van der Waals surface area contributed by atoms with Gasteiger partial charge >= 0.3 is 0 Å². The topological polar surface area (TPSA) is 160 Å². The van der Waals surface area contributed by atoms with Crippen molar-refractivity contribution < 1.29 is 45.2 Å². The summed E-state index contributed by atoms with van der Waals surface area (Å²) in [7, 11) is 0. The van der Waals surface area contributed by atoms with Crippen LogP contribution in [0.25, 0.3) is 0 Å². The van der Waals surface area contributed by atoms with Crippen LogP contribution in [0.3, 0.4) is 0 Å². The fraction of sp³-hybridized carbons (Fsp3) is 0.917. The minimum atomic E-state index is -1.62. The molecule has 2 fully saturated rings. The van der Waals surface area contributed by atoms with Crippen LogP contribution in [0.2, 0.25) is 0 Å². The van der Waals surface area contributed by atoms with E-state index < -0.39 is 61.0 Å². The maximum atomic E-state index is 10.2. The average molecular weight is 309 g/mol. The molecule has 2 aliphatic heterocycles. The van der Waals surface area contributed by atoms with Crippen LogP contribution in [0.5, 0.6) is 0 Å². The highest BCUT2D eigenvalue weighted by Gasteiger charge is 2.50.